The summed E-state index contributed by atoms with van der Waals surface area (Å²) in [5.41, 5.74) is 11.4. The first-order chi connectivity index (χ1) is 10.2. The molecule has 1 aliphatic carbocycles. The summed E-state index contributed by atoms with van der Waals surface area (Å²) in [7, 11) is 0. The zero-order valence-electron chi connectivity index (χ0n) is 12.8. The standard InChI is InChI=1S/C18H18BrNO2/c1-9-6-11(18(2,3)22)7-10-8-13-12(17(20)21)4-5-14(19)16(13)15(9)10/h4-7,22H,8H2,1-3H3,(H2,20,21). The summed E-state index contributed by atoms with van der Waals surface area (Å²) in [5, 5.41) is 10.3. The molecule has 0 atom stereocenters. The average molecular weight is 360 g/mol. The summed E-state index contributed by atoms with van der Waals surface area (Å²) in [6.45, 7) is 5.59. The molecule has 22 heavy (non-hydrogen) atoms. The summed E-state index contributed by atoms with van der Waals surface area (Å²) < 4.78 is 0.963. The van der Waals surface area contributed by atoms with Gasteiger partial charge in [0, 0.05) is 15.6 Å². The van der Waals surface area contributed by atoms with E-state index in [0.29, 0.717) is 12.0 Å². The van der Waals surface area contributed by atoms with E-state index in [9.17, 15) is 9.90 Å². The van der Waals surface area contributed by atoms with E-state index in [4.69, 9.17) is 5.73 Å². The molecule has 3 rings (SSSR count). The van der Waals surface area contributed by atoms with Gasteiger partial charge in [0.05, 0.1) is 5.60 Å². The van der Waals surface area contributed by atoms with Gasteiger partial charge in [-0.25, -0.2) is 0 Å². The van der Waals surface area contributed by atoms with Crippen LogP contribution in [0.25, 0.3) is 11.1 Å². The lowest BCUT2D eigenvalue weighted by molar-refractivity contribution is 0.0784. The van der Waals surface area contributed by atoms with E-state index in [1.807, 2.05) is 25.1 Å². The van der Waals surface area contributed by atoms with Crippen molar-refractivity contribution in [1.82, 2.24) is 0 Å². The third-order valence-corrected chi connectivity index (χ3v) is 4.93. The Hall–Kier alpha value is -1.65. The van der Waals surface area contributed by atoms with Crippen molar-refractivity contribution in [2.24, 2.45) is 5.73 Å². The first kappa shape index (κ1) is 15.3. The number of benzene rings is 2. The van der Waals surface area contributed by atoms with Crippen LogP contribution < -0.4 is 5.73 Å². The van der Waals surface area contributed by atoms with E-state index >= 15 is 0 Å². The zero-order valence-corrected chi connectivity index (χ0v) is 14.4. The zero-order chi connectivity index (χ0) is 16.2. The molecule has 1 aliphatic rings. The number of nitrogens with two attached hydrogens (primary N) is 1. The predicted octanol–water partition coefficient (Wildman–Crippen LogP) is 3.66. The highest BCUT2D eigenvalue weighted by atomic mass is 79.9. The van der Waals surface area contributed by atoms with Crippen molar-refractivity contribution in [1.29, 1.82) is 0 Å². The molecule has 0 radical (unpaired) electrons. The molecule has 0 unspecified atom stereocenters. The van der Waals surface area contributed by atoms with Gasteiger partial charge < -0.3 is 10.8 Å². The van der Waals surface area contributed by atoms with Gasteiger partial charge in [0.1, 0.15) is 0 Å². The third kappa shape index (κ3) is 2.27. The molecule has 0 fully saturated rings. The quantitative estimate of drug-likeness (QED) is 0.733. The number of rotatable bonds is 2. The lowest BCUT2D eigenvalue weighted by Crippen LogP contribution is -2.16. The molecule has 3 nitrogen and oxygen atoms in total. The predicted molar refractivity (Wildman–Crippen MR) is 90.9 cm³/mol. The molecular formula is C18H18BrNO2. The van der Waals surface area contributed by atoms with Crippen LogP contribution in [0.1, 0.15) is 46.5 Å². The van der Waals surface area contributed by atoms with Gasteiger partial charge in [-0.1, -0.05) is 28.1 Å². The number of aryl methyl sites for hydroxylation is 1. The number of aliphatic hydroxyl groups is 1. The Kier molecular flexibility index (Phi) is 3.42. The van der Waals surface area contributed by atoms with E-state index in [-0.39, 0.29) is 0 Å². The monoisotopic (exact) mass is 359 g/mol. The minimum atomic E-state index is -0.891. The SMILES string of the molecule is Cc1cc(C(C)(C)O)cc2c1-c1c(Br)ccc(C(N)=O)c1C2. The lowest BCUT2D eigenvalue weighted by Gasteiger charge is -2.20. The van der Waals surface area contributed by atoms with Gasteiger partial charge in [-0.15, -0.1) is 0 Å². The van der Waals surface area contributed by atoms with Gasteiger partial charge in [0.25, 0.3) is 0 Å². The second kappa shape index (κ2) is 4.93. The Morgan fingerprint density at radius 3 is 2.55 bits per heavy atom. The number of carbonyl (C=O) groups excluding carboxylic acids is 1. The average Bonchev–Trinajstić information content (AvgIpc) is 2.77. The number of carbonyl (C=O) groups is 1. The fraction of sp³-hybridized carbons (Fsp3) is 0.278. The van der Waals surface area contributed by atoms with Gasteiger partial charge in [-0.3, -0.25) is 4.79 Å². The Morgan fingerprint density at radius 2 is 1.95 bits per heavy atom. The second-order valence-electron chi connectivity index (χ2n) is 6.38. The molecule has 0 aliphatic heterocycles. The van der Waals surface area contributed by atoms with Crippen molar-refractivity contribution in [3.8, 4) is 11.1 Å². The minimum Gasteiger partial charge on any atom is -0.386 e. The summed E-state index contributed by atoms with van der Waals surface area (Å²) >= 11 is 3.59. The van der Waals surface area contributed by atoms with Crippen LogP contribution in [0.3, 0.4) is 0 Å². The van der Waals surface area contributed by atoms with Crippen LogP contribution in [0, 0.1) is 6.92 Å². The number of halogens is 1. The summed E-state index contributed by atoms with van der Waals surface area (Å²) in [6.07, 6.45) is 0.660. The number of hydrogen-bond donors (Lipinski definition) is 2. The molecule has 0 saturated heterocycles. The molecule has 114 valence electrons. The second-order valence-corrected chi connectivity index (χ2v) is 7.23. The summed E-state index contributed by atoms with van der Waals surface area (Å²) in [5.74, 6) is -0.406. The van der Waals surface area contributed by atoms with Crippen molar-refractivity contribution < 1.29 is 9.90 Å². The maximum absolute atomic E-state index is 11.7. The van der Waals surface area contributed by atoms with Gasteiger partial charge >= 0.3 is 0 Å². The van der Waals surface area contributed by atoms with E-state index in [2.05, 4.69) is 15.9 Å². The van der Waals surface area contributed by atoms with Crippen LogP contribution in [-0.4, -0.2) is 11.0 Å². The van der Waals surface area contributed by atoms with Crippen LogP contribution in [-0.2, 0) is 12.0 Å². The molecule has 4 heteroatoms. The molecule has 0 bridgehead atoms. The first-order valence-corrected chi connectivity index (χ1v) is 7.97. The summed E-state index contributed by atoms with van der Waals surface area (Å²) in [4.78, 5) is 11.7. The van der Waals surface area contributed by atoms with Crippen LogP contribution in [0.5, 0.6) is 0 Å². The van der Waals surface area contributed by atoms with E-state index in [1.165, 1.54) is 0 Å². The number of primary amides is 1. The fourth-order valence-corrected chi connectivity index (χ4v) is 3.77. The lowest BCUT2D eigenvalue weighted by atomic mass is 9.91. The van der Waals surface area contributed by atoms with Gasteiger partial charge in [-0.05, 0) is 67.1 Å². The number of hydrogen-bond acceptors (Lipinski definition) is 2. The van der Waals surface area contributed by atoms with Gasteiger partial charge in [0.15, 0.2) is 0 Å². The minimum absolute atomic E-state index is 0.406. The highest BCUT2D eigenvalue weighted by Gasteiger charge is 2.29. The normalized spacial score (nSPS) is 13.0. The Morgan fingerprint density at radius 1 is 1.27 bits per heavy atom. The molecule has 2 aromatic rings. The first-order valence-electron chi connectivity index (χ1n) is 7.18. The van der Waals surface area contributed by atoms with Crippen molar-refractivity contribution in [2.75, 3.05) is 0 Å². The molecule has 0 spiro atoms. The van der Waals surface area contributed by atoms with E-state index in [0.717, 1.165) is 37.9 Å². The van der Waals surface area contributed by atoms with Crippen molar-refractivity contribution in [3.05, 3.63) is 56.6 Å². The molecule has 0 aromatic heterocycles. The smallest absolute Gasteiger partial charge is 0.249 e. The van der Waals surface area contributed by atoms with Crippen molar-refractivity contribution in [2.45, 2.75) is 32.8 Å². The maximum atomic E-state index is 11.7. The van der Waals surface area contributed by atoms with E-state index < -0.39 is 11.5 Å². The Balaban J connectivity index is 2.28. The molecule has 2 aromatic carbocycles. The Labute approximate surface area is 138 Å². The third-order valence-electron chi connectivity index (χ3n) is 4.27. The van der Waals surface area contributed by atoms with E-state index in [1.54, 1.807) is 19.9 Å². The van der Waals surface area contributed by atoms with Gasteiger partial charge in [-0.2, -0.15) is 0 Å². The maximum Gasteiger partial charge on any atom is 0.249 e. The molecule has 3 N–H and O–H groups in total. The highest BCUT2D eigenvalue weighted by Crippen LogP contribution is 2.45. The number of amides is 1. The Bertz CT molecular complexity index is 804. The molecular weight excluding hydrogens is 342 g/mol. The van der Waals surface area contributed by atoms with Crippen LogP contribution in [0.15, 0.2) is 28.7 Å². The van der Waals surface area contributed by atoms with Crippen LogP contribution in [0.4, 0.5) is 0 Å². The van der Waals surface area contributed by atoms with Gasteiger partial charge in [0.2, 0.25) is 5.91 Å². The molecule has 1 amide bonds. The van der Waals surface area contributed by atoms with Crippen LogP contribution >= 0.6 is 15.9 Å². The number of fused-ring (bicyclic) bond motifs is 3. The van der Waals surface area contributed by atoms with Crippen LogP contribution in [0.2, 0.25) is 0 Å². The van der Waals surface area contributed by atoms with Crippen molar-refractivity contribution in [3.63, 3.8) is 0 Å². The summed E-state index contributed by atoms with van der Waals surface area (Å²) in [6, 6.07) is 7.68. The highest BCUT2D eigenvalue weighted by molar-refractivity contribution is 9.10. The molecule has 0 heterocycles. The molecule has 0 saturated carbocycles. The topological polar surface area (TPSA) is 63.3 Å². The largest absolute Gasteiger partial charge is 0.386 e. The fourth-order valence-electron chi connectivity index (χ4n) is 3.21. The van der Waals surface area contributed by atoms with Crippen molar-refractivity contribution >= 4 is 21.8 Å².